The molecular formula is C25H26N2O8. The first-order chi connectivity index (χ1) is 16.9. The van der Waals surface area contributed by atoms with Gasteiger partial charge >= 0.3 is 17.9 Å². The minimum absolute atomic E-state index is 0.0674. The maximum atomic E-state index is 12.8. The number of rotatable bonds is 9. The first-order valence-electron chi connectivity index (χ1n) is 10.7. The Bertz CT molecular complexity index is 1220. The van der Waals surface area contributed by atoms with E-state index in [2.05, 4.69) is 5.10 Å². The SMILES string of the molecule is CCOc1cc(-c2nn(-c3ccccc3)c(C(=O)OC)c2C(=O)OC)ccc1OC(C)C(=O)OC. The van der Waals surface area contributed by atoms with Gasteiger partial charge in [-0.15, -0.1) is 0 Å². The summed E-state index contributed by atoms with van der Waals surface area (Å²) in [4.78, 5) is 37.4. The third-order valence-corrected chi connectivity index (χ3v) is 5.01. The smallest absolute Gasteiger partial charge is 0.357 e. The van der Waals surface area contributed by atoms with Crippen LogP contribution in [0.2, 0.25) is 0 Å². The van der Waals surface area contributed by atoms with Gasteiger partial charge in [-0.1, -0.05) is 18.2 Å². The predicted octanol–water partition coefficient (Wildman–Crippen LogP) is 3.45. The van der Waals surface area contributed by atoms with Crippen LogP contribution in [0.4, 0.5) is 0 Å². The van der Waals surface area contributed by atoms with Gasteiger partial charge in [-0.2, -0.15) is 5.10 Å². The highest BCUT2D eigenvalue weighted by molar-refractivity contribution is 6.06. The molecule has 10 heteroatoms. The van der Waals surface area contributed by atoms with Gasteiger partial charge in [0.05, 0.1) is 33.6 Å². The number of ether oxygens (including phenoxy) is 5. The summed E-state index contributed by atoms with van der Waals surface area (Å²) in [6.45, 7) is 3.65. The number of hydrogen-bond acceptors (Lipinski definition) is 9. The van der Waals surface area contributed by atoms with Crippen LogP contribution in [-0.4, -0.2) is 61.7 Å². The van der Waals surface area contributed by atoms with Gasteiger partial charge in [-0.25, -0.2) is 19.1 Å². The van der Waals surface area contributed by atoms with Crippen molar-refractivity contribution in [1.29, 1.82) is 0 Å². The molecule has 3 rings (SSSR count). The van der Waals surface area contributed by atoms with Crippen molar-refractivity contribution in [2.24, 2.45) is 0 Å². The summed E-state index contributed by atoms with van der Waals surface area (Å²) in [6, 6.07) is 13.7. The molecular weight excluding hydrogens is 456 g/mol. The lowest BCUT2D eigenvalue weighted by molar-refractivity contribution is -0.147. The van der Waals surface area contributed by atoms with Crippen LogP contribution < -0.4 is 9.47 Å². The summed E-state index contributed by atoms with van der Waals surface area (Å²) in [5.41, 5.74) is 1.02. The minimum atomic E-state index is -0.876. The van der Waals surface area contributed by atoms with Gasteiger partial charge in [0, 0.05) is 5.56 Å². The maximum absolute atomic E-state index is 12.8. The van der Waals surface area contributed by atoms with E-state index in [1.54, 1.807) is 56.3 Å². The molecule has 0 saturated carbocycles. The Labute approximate surface area is 202 Å². The third kappa shape index (κ3) is 5.26. The topological polar surface area (TPSA) is 115 Å². The van der Waals surface area contributed by atoms with Crippen molar-refractivity contribution < 1.29 is 38.1 Å². The zero-order valence-electron chi connectivity index (χ0n) is 20.1. The average molecular weight is 482 g/mol. The number of nitrogens with zero attached hydrogens (tertiary/aromatic N) is 2. The maximum Gasteiger partial charge on any atom is 0.357 e. The van der Waals surface area contributed by atoms with E-state index in [-0.39, 0.29) is 17.0 Å². The van der Waals surface area contributed by atoms with Crippen molar-refractivity contribution in [3.8, 4) is 28.4 Å². The van der Waals surface area contributed by atoms with Crippen LogP contribution in [0.25, 0.3) is 16.9 Å². The molecule has 1 heterocycles. The van der Waals surface area contributed by atoms with Crippen LogP contribution in [0.1, 0.15) is 34.7 Å². The van der Waals surface area contributed by atoms with Crippen molar-refractivity contribution in [3.63, 3.8) is 0 Å². The highest BCUT2D eigenvalue weighted by Crippen LogP contribution is 2.36. The number of esters is 3. The second kappa shape index (κ2) is 11.2. The molecule has 1 aromatic heterocycles. The van der Waals surface area contributed by atoms with Crippen LogP contribution in [0, 0.1) is 0 Å². The van der Waals surface area contributed by atoms with Crippen LogP contribution in [-0.2, 0) is 19.0 Å². The van der Waals surface area contributed by atoms with E-state index in [4.69, 9.17) is 23.7 Å². The molecule has 0 aliphatic heterocycles. The number of para-hydroxylation sites is 1. The number of benzene rings is 2. The second-order valence-corrected chi connectivity index (χ2v) is 7.18. The lowest BCUT2D eigenvalue weighted by Gasteiger charge is -2.16. The largest absolute Gasteiger partial charge is 0.490 e. The summed E-state index contributed by atoms with van der Waals surface area (Å²) in [7, 11) is 3.70. The molecule has 10 nitrogen and oxygen atoms in total. The fourth-order valence-electron chi connectivity index (χ4n) is 3.38. The monoisotopic (exact) mass is 482 g/mol. The van der Waals surface area contributed by atoms with Crippen LogP contribution >= 0.6 is 0 Å². The van der Waals surface area contributed by atoms with Gasteiger partial charge in [-0.05, 0) is 44.2 Å². The number of methoxy groups -OCH3 is 3. The van der Waals surface area contributed by atoms with Crippen molar-refractivity contribution in [2.75, 3.05) is 27.9 Å². The third-order valence-electron chi connectivity index (χ3n) is 5.01. The highest BCUT2D eigenvalue weighted by atomic mass is 16.6. The molecule has 2 aromatic carbocycles. The fourth-order valence-corrected chi connectivity index (χ4v) is 3.38. The standard InChI is InChI=1S/C25H26N2O8/c1-6-34-19-14-16(12-13-18(19)35-15(2)23(28)31-3)21-20(24(29)32-4)22(25(30)33-5)27(26-21)17-10-8-7-9-11-17/h7-15H,6H2,1-5H3. The van der Waals surface area contributed by atoms with Gasteiger partial charge in [-0.3, -0.25) is 0 Å². The highest BCUT2D eigenvalue weighted by Gasteiger charge is 2.31. The van der Waals surface area contributed by atoms with Crippen molar-refractivity contribution in [2.45, 2.75) is 20.0 Å². The number of hydrogen-bond donors (Lipinski definition) is 0. The number of carbonyl (C=O) groups excluding carboxylic acids is 3. The van der Waals surface area contributed by atoms with Crippen molar-refractivity contribution >= 4 is 17.9 Å². The van der Waals surface area contributed by atoms with Gasteiger partial charge in [0.15, 0.2) is 23.3 Å². The Morgan fingerprint density at radius 3 is 2.20 bits per heavy atom. The summed E-state index contributed by atoms with van der Waals surface area (Å²) >= 11 is 0. The molecule has 184 valence electrons. The van der Waals surface area contributed by atoms with E-state index in [9.17, 15) is 14.4 Å². The van der Waals surface area contributed by atoms with Gasteiger partial charge in [0.25, 0.3) is 0 Å². The van der Waals surface area contributed by atoms with E-state index in [0.29, 0.717) is 29.4 Å². The molecule has 1 unspecified atom stereocenters. The molecule has 0 bridgehead atoms. The Kier molecular flexibility index (Phi) is 8.08. The van der Waals surface area contributed by atoms with Crippen LogP contribution in [0.15, 0.2) is 48.5 Å². The Morgan fingerprint density at radius 1 is 0.914 bits per heavy atom. The zero-order valence-corrected chi connectivity index (χ0v) is 20.1. The average Bonchev–Trinajstić information content (AvgIpc) is 3.29. The lowest BCUT2D eigenvalue weighted by Crippen LogP contribution is -2.25. The predicted molar refractivity (Wildman–Crippen MR) is 125 cm³/mol. The summed E-state index contributed by atoms with van der Waals surface area (Å²) in [6.07, 6.45) is -0.876. The zero-order chi connectivity index (χ0) is 25.5. The summed E-state index contributed by atoms with van der Waals surface area (Å²) in [5, 5.41) is 4.57. The Hall–Kier alpha value is -4.34. The lowest BCUT2D eigenvalue weighted by atomic mass is 10.0. The molecule has 0 amide bonds. The van der Waals surface area contributed by atoms with Crippen molar-refractivity contribution in [1.82, 2.24) is 9.78 Å². The molecule has 0 aliphatic carbocycles. The van der Waals surface area contributed by atoms with Crippen molar-refractivity contribution in [3.05, 3.63) is 59.8 Å². The van der Waals surface area contributed by atoms with E-state index in [0.717, 1.165) is 0 Å². The van der Waals surface area contributed by atoms with Gasteiger partial charge in [0.1, 0.15) is 11.3 Å². The molecule has 0 spiro atoms. The van der Waals surface area contributed by atoms with Gasteiger partial charge < -0.3 is 23.7 Å². The molecule has 0 radical (unpaired) electrons. The van der Waals surface area contributed by atoms with Gasteiger partial charge in [0.2, 0.25) is 0 Å². The van der Waals surface area contributed by atoms with E-state index >= 15 is 0 Å². The molecule has 0 saturated heterocycles. The Morgan fingerprint density at radius 2 is 1.60 bits per heavy atom. The van der Waals surface area contributed by atoms with E-state index < -0.39 is 24.0 Å². The molecule has 35 heavy (non-hydrogen) atoms. The first kappa shape index (κ1) is 25.3. The van der Waals surface area contributed by atoms with E-state index in [1.165, 1.54) is 26.0 Å². The molecule has 3 aromatic rings. The summed E-state index contributed by atoms with van der Waals surface area (Å²) < 4.78 is 27.4. The molecule has 0 fully saturated rings. The normalized spacial score (nSPS) is 11.3. The van der Waals surface area contributed by atoms with Crippen LogP contribution in [0.5, 0.6) is 11.5 Å². The number of carbonyl (C=O) groups is 3. The van der Waals surface area contributed by atoms with Crippen LogP contribution in [0.3, 0.4) is 0 Å². The molecule has 1 atom stereocenters. The Balaban J connectivity index is 2.22. The fraction of sp³-hybridized carbons (Fsp3) is 0.280. The molecule has 0 N–H and O–H groups in total. The number of aromatic nitrogens is 2. The second-order valence-electron chi connectivity index (χ2n) is 7.18. The van der Waals surface area contributed by atoms with E-state index in [1.807, 2.05) is 6.07 Å². The minimum Gasteiger partial charge on any atom is -0.490 e. The quantitative estimate of drug-likeness (QED) is 0.334. The first-order valence-corrected chi connectivity index (χ1v) is 10.7. The summed E-state index contributed by atoms with van der Waals surface area (Å²) in [5.74, 6) is -1.46. The molecule has 0 aliphatic rings.